The van der Waals surface area contributed by atoms with Crippen molar-refractivity contribution in [3.8, 4) is 0 Å². The van der Waals surface area contributed by atoms with Crippen LogP contribution in [0.2, 0.25) is 0 Å². The van der Waals surface area contributed by atoms with Crippen molar-refractivity contribution in [2.45, 2.75) is 49.8 Å². The summed E-state index contributed by atoms with van der Waals surface area (Å²) in [7, 11) is 0. The number of fused-ring (bicyclic) bond motifs is 2. The third-order valence-corrected chi connectivity index (χ3v) is 4.43. The van der Waals surface area contributed by atoms with Crippen LogP contribution in [0.1, 0.15) is 47.8 Å². The van der Waals surface area contributed by atoms with E-state index in [0.29, 0.717) is 24.6 Å². The molecule has 2 saturated carbocycles. The van der Waals surface area contributed by atoms with Gasteiger partial charge in [0, 0.05) is 24.6 Å². The lowest BCUT2D eigenvalue weighted by Crippen LogP contribution is -2.44. The maximum absolute atomic E-state index is 12.3. The Kier molecular flexibility index (Phi) is 2.91. The van der Waals surface area contributed by atoms with Gasteiger partial charge in [-0.05, 0) is 19.3 Å². The van der Waals surface area contributed by atoms with Gasteiger partial charge in [-0.15, -0.1) is 0 Å². The van der Waals surface area contributed by atoms with Crippen LogP contribution in [-0.4, -0.2) is 40.2 Å². The first-order chi connectivity index (χ1) is 10.6. The molecule has 1 saturated heterocycles. The number of hydrogen-bond donors (Lipinski definition) is 3. The molecule has 0 unspecified atom stereocenters. The number of nitrogens with zero attached hydrogens (tertiary/aromatic N) is 1. The van der Waals surface area contributed by atoms with Crippen molar-refractivity contribution in [1.29, 1.82) is 0 Å². The summed E-state index contributed by atoms with van der Waals surface area (Å²) in [4.78, 5) is 42.4. The topological polar surface area (TPSA) is 113 Å². The van der Waals surface area contributed by atoms with E-state index >= 15 is 0 Å². The van der Waals surface area contributed by atoms with Crippen LogP contribution >= 0.6 is 0 Å². The van der Waals surface area contributed by atoms with E-state index in [2.05, 4.69) is 20.6 Å². The average molecular weight is 304 g/mol. The van der Waals surface area contributed by atoms with E-state index in [1.165, 1.54) is 6.20 Å². The van der Waals surface area contributed by atoms with E-state index < -0.39 is 17.6 Å². The monoisotopic (exact) mass is 304 g/mol. The second-order valence-electron chi connectivity index (χ2n) is 6.12. The fraction of sp³-hybridized carbons (Fsp3) is 0.571. The van der Waals surface area contributed by atoms with Crippen LogP contribution in [0.25, 0.3) is 0 Å². The van der Waals surface area contributed by atoms with Crippen molar-refractivity contribution >= 4 is 12.0 Å². The Morgan fingerprint density at radius 1 is 1.32 bits per heavy atom. The van der Waals surface area contributed by atoms with Crippen LogP contribution in [-0.2, 0) is 4.74 Å². The van der Waals surface area contributed by atoms with Crippen molar-refractivity contribution in [2.24, 2.45) is 0 Å². The van der Waals surface area contributed by atoms with Crippen molar-refractivity contribution in [3.63, 3.8) is 0 Å². The van der Waals surface area contributed by atoms with Gasteiger partial charge >= 0.3 is 6.09 Å². The quantitative estimate of drug-likeness (QED) is 0.728. The van der Waals surface area contributed by atoms with Gasteiger partial charge < -0.3 is 20.4 Å². The van der Waals surface area contributed by atoms with E-state index in [-0.39, 0.29) is 23.8 Å². The summed E-state index contributed by atoms with van der Waals surface area (Å²) in [5.74, 6) is 0.491. The highest BCUT2D eigenvalue weighted by atomic mass is 16.6. The number of H-pyrrole nitrogens is 1. The van der Waals surface area contributed by atoms with Gasteiger partial charge in [0.05, 0.1) is 6.04 Å². The third-order valence-electron chi connectivity index (χ3n) is 4.43. The second-order valence-corrected chi connectivity index (χ2v) is 6.12. The van der Waals surface area contributed by atoms with E-state index in [0.717, 1.165) is 12.8 Å². The normalized spacial score (nSPS) is 29.6. The minimum Gasteiger partial charge on any atom is -0.444 e. The minimum absolute atomic E-state index is 0.00914. The maximum Gasteiger partial charge on any atom is 0.407 e. The first-order valence-corrected chi connectivity index (χ1v) is 7.47. The fourth-order valence-electron chi connectivity index (χ4n) is 3.12. The lowest BCUT2D eigenvalue weighted by molar-refractivity contribution is 0.0659. The SMILES string of the molecule is O=C1N[C@@H]2C[C@@H](NC(=O)c3cnc(C4CC4)[nH]c3=O)[C@@H](C2)O1. The van der Waals surface area contributed by atoms with E-state index in [1.54, 1.807) is 0 Å². The standard InChI is InChI=1S/C14H16N4O4/c19-12(8-5-15-11(6-1-2-6)18-13(8)20)17-9-3-7-4-10(9)22-14(21)16-7/h5-7,9-10H,1-4H2,(H,16,21)(H,17,19)(H,15,18,20)/t7-,9-,10-/m1/s1. The van der Waals surface area contributed by atoms with Gasteiger partial charge in [-0.3, -0.25) is 9.59 Å². The summed E-state index contributed by atoms with van der Waals surface area (Å²) in [6.07, 6.45) is 3.87. The zero-order chi connectivity index (χ0) is 15.3. The molecule has 0 aromatic carbocycles. The Morgan fingerprint density at radius 2 is 2.14 bits per heavy atom. The summed E-state index contributed by atoms with van der Waals surface area (Å²) in [6, 6.07) is -0.260. The van der Waals surface area contributed by atoms with Crippen molar-refractivity contribution in [2.75, 3.05) is 0 Å². The molecule has 2 heterocycles. The van der Waals surface area contributed by atoms with Gasteiger partial charge in [0.25, 0.3) is 11.5 Å². The van der Waals surface area contributed by atoms with Gasteiger partial charge in [-0.2, -0.15) is 0 Å². The van der Waals surface area contributed by atoms with Gasteiger partial charge in [0.2, 0.25) is 0 Å². The molecule has 3 atom stereocenters. The highest BCUT2D eigenvalue weighted by Gasteiger charge is 2.42. The Morgan fingerprint density at radius 3 is 2.86 bits per heavy atom. The number of carbonyl (C=O) groups is 2. The van der Waals surface area contributed by atoms with Crippen LogP contribution in [0.4, 0.5) is 4.79 Å². The summed E-state index contributed by atoms with van der Waals surface area (Å²) in [5, 5.41) is 5.47. The molecule has 1 aromatic heterocycles. The van der Waals surface area contributed by atoms with Crippen LogP contribution in [0, 0.1) is 0 Å². The molecule has 1 aromatic rings. The highest BCUT2D eigenvalue weighted by Crippen LogP contribution is 2.37. The van der Waals surface area contributed by atoms with Crippen LogP contribution < -0.4 is 16.2 Å². The van der Waals surface area contributed by atoms with E-state index in [9.17, 15) is 14.4 Å². The predicted octanol–water partition coefficient (Wildman–Crippen LogP) is 0.0165. The molecule has 116 valence electrons. The molecule has 3 aliphatic rings. The minimum atomic E-state index is -0.482. The molecule has 2 amide bonds. The Balaban J connectivity index is 1.48. The summed E-state index contributed by atoms with van der Waals surface area (Å²) < 4.78 is 5.15. The number of hydrogen-bond acceptors (Lipinski definition) is 5. The Bertz CT molecular complexity index is 696. The number of alkyl carbamates (subject to hydrolysis) is 1. The molecule has 1 aliphatic heterocycles. The highest BCUT2D eigenvalue weighted by molar-refractivity contribution is 5.93. The van der Waals surface area contributed by atoms with Crippen LogP contribution in [0.15, 0.2) is 11.0 Å². The largest absolute Gasteiger partial charge is 0.444 e. The number of nitrogens with one attached hydrogen (secondary N) is 3. The van der Waals surface area contributed by atoms with Crippen molar-refractivity contribution in [1.82, 2.24) is 20.6 Å². The first-order valence-electron chi connectivity index (χ1n) is 7.47. The molecule has 4 rings (SSSR count). The number of amides is 2. The van der Waals surface area contributed by atoms with Gasteiger partial charge in [-0.25, -0.2) is 9.78 Å². The fourth-order valence-corrected chi connectivity index (χ4v) is 3.12. The summed E-state index contributed by atoms with van der Waals surface area (Å²) >= 11 is 0. The third kappa shape index (κ3) is 2.34. The molecule has 22 heavy (non-hydrogen) atoms. The number of aromatic amines is 1. The molecule has 0 spiro atoms. The molecule has 3 N–H and O–H groups in total. The zero-order valence-electron chi connectivity index (χ0n) is 11.8. The smallest absolute Gasteiger partial charge is 0.407 e. The summed E-state index contributed by atoms with van der Waals surface area (Å²) in [6.45, 7) is 0. The lowest BCUT2D eigenvalue weighted by Gasteiger charge is -2.22. The summed E-state index contributed by atoms with van der Waals surface area (Å²) in [5.41, 5.74) is -0.435. The van der Waals surface area contributed by atoms with Crippen molar-refractivity contribution in [3.05, 3.63) is 27.9 Å². The molecule has 0 radical (unpaired) electrons. The molecular formula is C14H16N4O4. The molecule has 3 fully saturated rings. The van der Waals surface area contributed by atoms with E-state index in [4.69, 9.17) is 4.74 Å². The predicted molar refractivity (Wildman–Crippen MR) is 74.5 cm³/mol. The number of ether oxygens (including phenoxy) is 1. The average Bonchev–Trinajstić information content (AvgIpc) is 3.26. The number of aromatic nitrogens is 2. The van der Waals surface area contributed by atoms with Crippen LogP contribution in [0.3, 0.4) is 0 Å². The van der Waals surface area contributed by atoms with Gasteiger partial charge in [0.1, 0.15) is 17.5 Å². The maximum atomic E-state index is 12.3. The number of carbonyl (C=O) groups excluding carboxylic acids is 2. The second kappa shape index (κ2) is 4.82. The van der Waals surface area contributed by atoms with Gasteiger partial charge in [-0.1, -0.05) is 0 Å². The van der Waals surface area contributed by atoms with Crippen LogP contribution in [0.5, 0.6) is 0 Å². The number of rotatable bonds is 3. The molecule has 8 nitrogen and oxygen atoms in total. The molecule has 2 aliphatic carbocycles. The lowest BCUT2D eigenvalue weighted by atomic mass is 10.2. The Hall–Kier alpha value is -2.38. The van der Waals surface area contributed by atoms with E-state index in [1.807, 2.05) is 0 Å². The first kappa shape index (κ1) is 13.3. The zero-order valence-corrected chi connectivity index (χ0v) is 11.8. The molecular weight excluding hydrogens is 288 g/mol. The Labute approximate surface area is 125 Å². The molecule has 2 bridgehead atoms. The molecule has 8 heteroatoms. The van der Waals surface area contributed by atoms with Gasteiger partial charge in [0.15, 0.2) is 0 Å². The van der Waals surface area contributed by atoms with Crippen molar-refractivity contribution < 1.29 is 14.3 Å².